The topological polar surface area (TPSA) is 81.9 Å². The first-order chi connectivity index (χ1) is 13.4. The molecule has 29 heavy (non-hydrogen) atoms. The van der Waals surface area contributed by atoms with Gasteiger partial charge in [-0.1, -0.05) is 0 Å². The van der Waals surface area contributed by atoms with Crippen LogP contribution in [0.2, 0.25) is 0 Å². The van der Waals surface area contributed by atoms with E-state index < -0.39 is 52.7 Å². The third-order valence-corrected chi connectivity index (χ3v) is 4.29. The third kappa shape index (κ3) is 5.75. The summed E-state index contributed by atoms with van der Waals surface area (Å²) in [4.78, 5) is 23.2. The average Bonchev–Trinajstić information content (AvgIpc) is 3.10. The summed E-state index contributed by atoms with van der Waals surface area (Å²) in [7, 11) is 0. The highest BCUT2D eigenvalue weighted by molar-refractivity contribution is 5.66. The number of nitrogens with zero attached hydrogens (tertiary/aromatic N) is 2. The Labute approximate surface area is 162 Å². The van der Waals surface area contributed by atoms with E-state index in [2.05, 4.69) is 0 Å². The van der Waals surface area contributed by atoms with Gasteiger partial charge in [-0.05, 0) is 32.0 Å². The van der Waals surface area contributed by atoms with E-state index in [9.17, 15) is 36.9 Å². The van der Waals surface area contributed by atoms with Gasteiger partial charge in [0, 0.05) is 19.5 Å². The Hall–Kier alpha value is -2.50. The van der Waals surface area contributed by atoms with Gasteiger partial charge in [-0.25, -0.2) is 0 Å². The lowest BCUT2D eigenvalue weighted by atomic mass is 10.1. The Morgan fingerprint density at radius 1 is 1.24 bits per heavy atom. The van der Waals surface area contributed by atoms with Crippen molar-refractivity contribution in [3.63, 3.8) is 0 Å². The van der Waals surface area contributed by atoms with Crippen LogP contribution < -0.4 is 4.74 Å². The molecule has 162 valence electrons. The van der Waals surface area contributed by atoms with Crippen molar-refractivity contribution < 1.29 is 41.1 Å². The Kier molecular flexibility index (Phi) is 6.98. The van der Waals surface area contributed by atoms with E-state index in [1.165, 1.54) is 0 Å². The molecule has 2 rings (SSSR count). The molecule has 0 aliphatic carbocycles. The van der Waals surface area contributed by atoms with Crippen LogP contribution in [-0.4, -0.2) is 54.3 Å². The van der Waals surface area contributed by atoms with Crippen molar-refractivity contribution in [2.75, 3.05) is 26.2 Å². The van der Waals surface area contributed by atoms with Gasteiger partial charge in [0.25, 0.3) is 5.69 Å². The number of ether oxygens (including phenoxy) is 2. The Morgan fingerprint density at radius 3 is 2.38 bits per heavy atom. The molecule has 12 heteroatoms. The predicted molar refractivity (Wildman–Crippen MR) is 89.8 cm³/mol. The van der Waals surface area contributed by atoms with Crippen molar-refractivity contribution in [2.24, 2.45) is 0 Å². The standard InChI is InChI=1S/C17H19F5N2O5/c1-11(25)29-13(9-23-6-2-3-7-23)10-28-15-8-12(24(26)27)4-5-14(15)16(18,19)17(20,21)22/h4-5,8,13H,2-3,6-7,9-10H2,1H3. The maximum absolute atomic E-state index is 13.8. The molecule has 0 spiro atoms. The van der Waals surface area contributed by atoms with Crippen molar-refractivity contribution in [1.82, 2.24) is 4.90 Å². The molecule has 1 aliphatic rings. The predicted octanol–water partition coefficient (Wildman–Crippen LogP) is 3.66. The molecule has 1 saturated heterocycles. The van der Waals surface area contributed by atoms with E-state index in [-0.39, 0.29) is 6.54 Å². The zero-order valence-electron chi connectivity index (χ0n) is 15.4. The van der Waals surface area contributed by atoms with E-state index in [0.717, 1.165) is 19.8 Å². The molecule has 0 aromatic heterocycles. The van der Waals surface area contributed by atoms with Gasteiger partial charge >= 0.3 is 18.1 Å². The van der Waals surface area contributed by atoms with Crippen molar-refractivity contribution in [1.29, 1.82) is 0 Å². The lowest BCUT2D eigenvalue weighted by Gasteiger charge is -2.25. The maximum atomic E-state index is 13.8. The smallest absolute Gasteiger partial charge is 0.458 e. The number of carbonyl (C=O) groups is 1. The third-order valence-electron chi connectivity index (χ3n) is 4.29. The van der Waals surface area contributed by atoms with E-state index in [1.807, 2.05) is 4.90 Å². The molecular formula is C17H19F5N2O5. The number of halogens is 5. The summed E-state index contributed by atoms with van der Waals surface area (Å²) >= 11 is 0. The first-order valence-corrected chi connectivity index (χ1v) is 8.67. The van der Waals surface area contributed by atoms with Crippen LogP contribution in [0.15, 0.2) is 18.2 Å². The number of hydrogen-bond acceptors (Lipinski definition) is 6. The molecule has 1 unspecified atom stereocenters. The summed E-state index contributed by atoms with van der Waals surface area (Å²) in [6, 6.07) is 1.34. The fraction of sp³-hybridized carbons (Fsp3) is 0.588. The minimum Gasteiger partial charge on any atom is -0.489 e. The maximum Gasteiger partial charge on any atom is 0.458 e. The summed E-state index contributed by atoms with van der Waals surface area (Å²) < 4.78 is 76.2. The normalized spacial score (nSPS) is 16.5. The second-order valence-electron chi connectivity index (χ2n) is 6.56. The number of carbonyl (C=O) groups excluding carboxylic acids is 1. The zero-order chi connectivity index (χ0) is 21.8. The minimum absolute atomic E-state index is 0.194. The SMILES string of the molecule is CC(=O)OC(COc1cc([N+](=O)[O-])ccc1C(F)(F)C(F)(F)F)CN1CCCC1. The van der Waals surface area contributed by atoms with E-state index in [0.29, 0.717) is 31.3 Å². The van der Waals surface area contributed by atoms with Crippen LogP contribution in [0.25, 0.3) is 0 Å². The van der Waals surface area contributed by atoms with Crippen LogP contribution >= 0.6 is 0 Å². The fourth-order valence-corrected chi connectivity index (χ4v) is 2.95. The molecule has 7 nitrogen and oxygen atoms in total. The number of nitro groups is 1. The lowest BCUT2D eigenvalue weighted by Crippen LogP contribution is -2.37. The van der Waals surface area contributed by atoms with Gasteiger partial charge in [-0.15, -0.1) is 0 Å². The van der Waals surface area contributed by atoms with Gasteiger partial charge in [-0.3, -0.25) is 19.8 Å². The van der Waals surface area contributed by atoms with E-state index in [1.54, 1.807) is 0 Å². The van der Waals surface area contributed by atoms with E-state index >= 15 is 0 Å². The molecule has 1 heterocycles. The van der Waals surface area contributed by atoms with Crippen molar-refractivity contribution in [3.05, 3.63) is 33.9 Å². The first kappa shape index (κ1) is 22.8. The Balaban J connectivity index is 2.28. The number of nitro benzene ring substituents is 1. The molecule has 0 amide bonds. The number of esters is 1. The van der Waals surface area contributed by atoms with Crippen LogP contribution in [-0.2, 0) is 15.5 Å². The van der Waals surface area contributed by atoms with Gasteiger partial charge in [-0.2, -0.15) is 22.0 Å². The number of likely N-dealkylation sites (tertiary alicyclic amines) is 1. The largest absolute Gasteiger partial charge is 0.489 e. The molecule has 1 atom stereocenters. The summed E-state index contributed by atoms with van der Waals surface area (Å²) in [6.45, 7) is 2.20. The van der Waals surface area contributed by atoms with Crippen molar-refractivity contribution in [3.8, 4) is 5.75 Å². The molecule has 1 fully saturated rings. The molecule has 0 saturated carbocycles. The second-order valence-corrected chi connectivity index (χ2v) is 6.56. The first-order valence-electron chi connectivity index (χ1n) is 8.67. The number of non-ortho nitro benzene ring substituents is 1. The minimum atomic E-state index is -5.92. The highest BCUT2D eigenvalue weighted by Gasteiger charge is 2.60. The van der Waals surface area contributed by atoms with Crippen LogP contribution in [0.3, 0.4) is 0 Å². The van der Waals surface area contributed by atoms with Crippen molar-refractivity contribution in [2.45, 2.75) is 38.0 Å². The number of benzene rings is 1. The molecule has 1 aromatic carbocycles. The van der Waals surface area contributed by atoms with Gasteiger partial charge in [0.2, 0.25) is 0 Å². The molecular weight excluding hydrogens is 407 g/mol. The van der Waals surface area contributed by atoms with Crippen LogP contribution in [0, 0.1) is 10.1 Å². The number of rotatable bonds is 8. The highest BCUT2D eigenvalue weighted by atomic mass is 19.4. The van der Waals surface area contributed by atoms with Crippen LogP contribution in [0.1, 0.15) is 25.3 Å². The van der Waals surface area contributed by atoms with Gasteiger partial charge < -0.3 is 9.47 Å². The van der Waals surface area contributed by atoms with Gasteiger partial charge in [0.15, 0.2) is 0 Å². The number of hydrogen-bond donors (Lipinski definition) is 0. The van der Waals surface area contributed by atoms with Gasteiger partial charge in [0.1, 0.15) is 18.5 Å². The van der Waals surface area contributed by atoms with Crippen LogP contribution in [0.5, 0.6) is 5.75 Å². The summed E-state index contributed by atoms with van der Waals surface area (Å²) in [5.41, 5.74) is -2.27. The summed E-state index contributed by atoms with van der Waals surface area (Å²) in [5.74, 6) is -6.97. The zero-order valence-corrected chi connectivity index (χ0v) is 15.4. The summed E-state index contributed by atoms with van der Waals surface area (Å²) in [6.07, 6.45) is -5.04. The molecule has 0 N–H and O–H groups in total. The number of alkyl halides is 5. The Morgan fingerprint density at radius 2 is 1.86 bits per heavy atom. The fourth-order valence-electron chi connectivity index (χ4n) is 2.95. The average molecular weight is 426 g/mol. The highest BCUT2D eigenvalue weighted by Crippen LogP contribution is 2.47. The Bertz CT molecular complexity index is 750. The molecule has 1 aliphatic heterocycles. The lowest BCUT2D eigenvalue weighted by molar-refractivity contribution is -0.385. The molecule has 1 aromatic rings. The second kappa shape index (κ2) is 8.89. The van der Waals surface area contributed by atoms with E-state index in [4.69, 9.17) is 9.47 Å². The van der Waals surface area contributed by atoms with Gasteiger partial charge in [0.05, 0.1) is 16.6 Å². The molecule has 0 radical (unpaired) electrons. The van der Waals surface area contributed by atoms with Crippen molar-refractivity contribution >= 4 is 11.7 Å². The monoisotopic (exact) mass is 426 g/mol. The van der Waals surface area contributed by atoms with Crippen LogP contribution in [0.4, 0.5) is 27.6 Å². The molecule has 0 bridgehead atoms. The summed E-state index contributed by atoms with van der Waals surface area (Å²) in [5, 5.41) is 10.9. The quantitative estimate of drug-likeness (QED) is 0.273.